The topological polar surface area (TPSA) is 72.0 Å². The van der Waals surface area contributed by atoms with Gasteiger partial charge in [0.2, 0.25) is 0 Å². The number of anilines is 1. The smallest absolute Gasteiger partial charge is 0.175 e. The summed E-state index contributed by atoms with van der Waals surface area (Å²) in [6.45, 7) is 0.491. The second-order valence-electron chi connectivity index (χ2n) is 5.57. The van der Waals surface area contributed by atoms with E-state index in [2.05, 4.69) is 15.3 Å². The average molecular weight is 357 g/mol. The minimum atomic E-state index is -3.23. The van der Waals surface area contributed by atoms with E-state index in [4.69, 9.17) is 0 Å². The van der Waals surface area contributed by atoms with Gasteiger partial charge in [-0.15, -0.1) is 0 Å². The van der Waals surface area contributed by atoms with Crippen molar-refractivity contribution >= 4 is 15.7 Å². The number of rotatable bonds is 5. The van der Waals surface area contributed by atoms with E-state index in [1.807, 2.05) is 0 Å². The molecule has 0 fully saturated rings. The highest BCUT2D eigenvalue weighted by atomic mass is 32.2. The van der Waals surface area contributed by atoms with E-state index in [9.17, 15) is 12.8 Å². The Kier molecular flexibility index (Phi) is 4.76. The van der Waals surface area contributed by atoms with Crippen LogP contribution in [0, 0.1) is 5.82 Å². The zero-order chi connectivity index (χ0) is 17.9. The Hall–Kier alpha value is -2.80. The predicted molar refractivity (Wildman–Crippen MR) is 94.3 cm³/mol. The lowest BCUT2D eigenvalue weighted by atomic mass is 10.2. The maximum absolute atomic E-state index is 12.9. The van der Waals surface area contributed by atoms with Crippen LogP contribution in [0.1, 0.15) is 5.56 Å². The lowest BCUT2D eigenvalue weighted by Crippen LogP contribution is -2.02. The molecule has 0 bridgehead atoms. The number of hydrogen-bond acceptors (Lipinski definition) is 5. The molecular weight excluding hydrogens is 341 g/mol. The van der Waals surface area contributed by atoms with Crippen molar-refractivity contribution in [2.24, 2.45) is 0 Å². The van der Waals surface area contributed by atoms with Crippen LogP contribution < -0.4 is 5.32 Å². The highest BCUT2D eigenvalue weighted by Crippen LogP contribution is 2.20. The van der Waals surface area contributed by atoms with Crippen LogP contribution in [0.3, 0.4) is 0 Å². The zero-order valence-electron chi connectivity index (χ0n) is 13.5. The van der Waals surface area contributed by atoms with Gasteiger partial charge in [0, 0.05) is 18.4 Å². The molecular formula is C18H16FN3O2S. The van der Waals surface area contributed by atoms with Gasteiger partial charge in [0.1, 0.15) is 11.6 Å². The summed E-state index contributed by atoms with van der Waals surface area (Å²) in [5.74, 6) is 0.303. The van der Waals surface area contributed by atoms with Gasteiger partial charge in [0.15, 0.2) is 9.84 Å². The molecule has 1 N–H and O–H groups in total. The van der Waals surface area contributed by atoms with E-state index in [1.54, 1.807) is 48.8 Å². The first-order valence-electron chi connectivity index (χ1n) is 7.53. The van der Waals surface area contributed by atoms with E-state index >= 15 is 0 Å². The Bertz CT molecular complexity index is 972. The van der Waals surface area contributed by atoms with Crippen LogP contribution in [0.15, 0.2) is 65.8 Å². The van der Waals surface area contributed by atoms with Crippen LogP contribution in [0.4, 0.5) is 10.2 Å². The third-order valence-corrected chi connectivity index (χ3v) is 4.73. The minimum absolute atomic E-state index is 0.259. The molecule has 3 aromatic rings. The fourth-order valence-electron chi connectivity index (χ4n) is 2.26. The lowest BCUT2D eigenvalue weighted by molar-refractivity contribution is 0.602. The Labute approximate surface area is 145 Å². The minimum Gasteiger partial charge on any atom is -0.365 e. The van der Waals surface area contributed by atoms with E-state index in [0.717, 1.165) is 11.1 Å². The highest BCUT2D eigenvalue weighted by Gasteiger charge is 2.08. The van der Waals surface area contributed by atoms with Crippen molar-refractivity contribution in [1.82, 2.24) is 9.97 Å². The molecule has 1 aromatic heterocycles. The van der Waals surface area contributed by atoms with Gasteiger partial charge in [0.05, 0.1) is 23.0 Å². The monoisotopic (exact) mass is 357 g/mol. The van der Waals surface area contributed by atoms with Gasteiger partial charge in [-0.05, 0) is 29.8 Å². The quantitative estimate of drug-likeness (QED) is 0.758. The largest absolute Gasteiger partial charge is 0.365 e. The second kappa shape index (κ2) is 6.98. The van der Waals surface area contributed by atoms with Crippen molar-refractivity contribution in [1.29, 1.82) is 0 Å². The molecule has 0 saturated carbocycles. The van der Waals surface area contributed by atoms with Crippen molar-refractivity contribution in [2.45, 2.75) is 11.4 Å². The van der Waals surface area contributed by atoms with Crippen LogP contribution in [0.25, 0.3) is 11.3 Å². The summed E-state index contributed by atoms with van der Waals surface area (Å²) in [4.78, 5) is 8.88. The normalized spacial score (nSPS) is 11.3. The van der Waals surface area contributed by atoms with E-state index in [0.29, 0.717) is 18.1 Å². The van der Waals surface area contributed by atoms with Gasteiger partial charge < -0.3 is 5.32 Å². The number of hydrogen-bond donors (Lipinski definition) is 1. The molecule has 0 unspecified atom stereocenters. The molecule has 1 heterocycles. The molecule has 25 heavy (non-hydrogen) atoms. The fraction of sp³-hybridized carbons (Fsp3) is 0.111. The van der Waals surface area contributed by atoms with Crippen LogP contribution >= 0.6 is 0 Å². The van der Waals surface area contributed by atoms with Crippen molar-refractivity contribution in [2.75, 3.05) is 11.6 Å². The van der Waals surface area contributed by atoms with E-state index in [1.165, 1.54) is 18.4 Å². The van der Waals surface area contributed by atoms with Crippen molar-refractivity contribution in [3.05, 3.63) is 72.3 Å². The standard InChI is InChI=1S/C18H16FN3O2S/c1-25(23,24)16-8-4-14(5-9-16)17-11-20-12-18(22-17)21-10-13-2-6-15(19)7-3-13/h2-9,11-12H,10H2,1H3,(H,21,22). The molecule has 0 spiro atoms. The molecule has 0 radical (unpaired) electrons. The first kappa shape index (κ1) is 17.0. The van der Waals surface area contributed by atoms with Gasteiger partial charge in [-0.2, -0.15) is 0 Å². The van der Waals surface area contributed by atoms with E-state index in [-0.39, 0.29) is 10.7 Å². The second-order valence-corrected chi connectivity index (χ2v) is 7.58. The highest BCUT2D eigenvalue weighted by molar-refractivity contribution is 7.90. The van der Waals surface area contributed by atoms with Crippen molar-refractivity contribution < 1.29 is 12.8 Å². The van der Waals surface area contributed by atoms with Crippen LogP contribution in [0.2, 0.25) is 0 Å². The predicted octanol–water partition coefficient (Wildman–Crippen LogP) is 3.30. The summed E-state index contributed by atoms with van der Waals surface area (Å²) in [5.41, 5.74) is 2.32. The van der Waals surface area contributed by atoms with Gasteiger partial charge >= 0.3 is 0 Å². The van der Waals surface area contributed by atoms with Crippen molar-refractivity contribution in [3.8, 4) is 11.3 Å². The number of sulfone groups is 1. The van der Waals surface area contributed by atoms with Gasteiger partial charge in [-0.25, -0.2) is 17.8 Å². The zero-order valence-corrected chi connectivity index (χ0v) is 14.3. The molecule has 0 atom stereocenters. The van der Waals surface area contributed by atoms with Crippen LogP contribution in [-0.2, 0) is 16.4 Å². The maximum atomic E-state index is 12.9. The Morgan fingerprint density at radius 3 is 2.32 bits per heavy atom. The first-order chi connectivity index (χ1) is 11.9. The molecule has 7 heteroatoms. The summed E-state index contributed by atoms with van der Waals surface area (Å²) in [6, 6.07) is 12.7. The number of nitrogens with one attached hydrogen (secondary N) is 1. The Balaban J connectivity index is 1.76. The molecule has 0 aliphatic heterocycles. The van der Waals surface area contributed by atoms with Crippen LogP contribution in [0.5, 0.6) is 0 Å². The van der Waals surface area contributed by atoms with Gasteiger partial charge in [0.25, 0.3) is 0 Å². The molecule has 2 aromatic carbocycles. The van der Waals surface area contributed by atoms with Crippen LogP contribution in [-0.4, -0.2) is 24.6 Å². The summed E-state index contributed by atoms with van der Waals surface area (Å²) >= 11 is 0. The maximum Gasteiger partial charge on any atom is 0.175 e. The number of nitrogens with zero attached hydrogens (tertiary/aromatic N) is 2. The molecule has 0 aliphatic carbocycles. The first-order valence-corrected chi connectivity index (χ1v) is 9.42. The van der Waals surface area contributed by atoms with Gasteiger partial charge in [-0.1, -0.05) is 24.3 Å². The summed E-state index contributed by atoms with van der Waals surface area (Å²) < 4.78 is 35.9. The van der Waals surface area contributed by atoms with E-state index < -0.39 is 9.84 Å². The summed E-state index contributed by atoms with van der Waals surface area (Å²) in [5, 5.41) is 3.13. The number of aromatic nitrogens is 2. The number of halogens is 1. The average Bonchev–Trinajstić information content (AvgIpc) is 2.61. The van der Waals surface area contributed by atoms with Gasteiger partial charge in [-0.3, -0.25) is 4.98 Å². The van der Waals surface area contributed by atoms with Crippen molar-refractivity contribution in [3.63, 3.8) is 0 Å². The lowest BCUT2D eigenvalue weighted by Gasteiger charge is -2.08. The Morgan fingerprint density at radius 2 is 1.68 bits per heavy atom. The molecule has 128 valence electrons. The molecule has 3 rings (SSSR count). The molecule has 0 aliphatic rings. The fourth-order valence-corrected chi connectivity index (χ4v) is 2.89. The summed E-state index contributed by atoms with van der Waals surface area (Å²) in [7, 11) is -3.23. The summed E-state index contributed by atoms with van der Waals surface area (Å²) in [6.07, 6.45) is 4.37. The molecule has 5 nitrogen and oxygen atoms in total. The number of benzene rings is 2. The molecule has 0 saturated heterocycles. The SMILES string of the molecule is CS(=O)(=O)c1ccc(-c2cncc(NCc3ccc(F)cc3)n2)cc1. The Morgan fingerprint density at radius 1 is 1.00 bits per heavy atom. The third kappa shape index (κ3) is 4.39. The molecule has 0 amide bonds. The third-order valence-electron chi connectivity index (χ3n) is 3.60.